The molecule has 126 valence electrons. The molecule has 0 unspecified atom stereocenters. The summed E-state index contributed by atoms with van der Waals surface area (Å²) in [5, 5.41) is 0. The number of rotatable bonds is 6. The number of nitrogens with zero attached hydrogens (tertiary/aromatic N) is 2. The SMILES string of the molecule is CC(=O)c1cc([N+](C)=O)ccc1CN(C)c1ccc(C(C)C)cc1. The van der Waals surface area contributed by atoms with Crippen molar-refractivity contribution in [3.05, 3.63) is 64.1 Å². The van der Waals surface area contributed by atoms with E-state index < -0.39 is 0 Å². The molecule has 0 spiro atoms. The average molecular weight is 325 g/mol. The Kier molecular flexibility index (Phi) is 5.50. The van der Waals surface area contributed by atoms with E-state index in [9.17, 15) is 9.70 Å². The molecule has 2 aromatic carbocycles. The number of Topliss-reactive ketones (excluding diaryl/α,β-unsaturated/α-hetero) is 1. The van der Waals surface area contributed by atoms with Crippen LogP contribution in [-0.4, -0.2) is 24.6 Å². The number of benzene rings is 2. The number of carbonyl (C=O) groups is 1. The topological polar surface area (TPSA) is 40.4 Å². The summed E-state index contributed by atoms with van der Waals surface area (Å²) in [5.74, 6) is 0.475. The molecule has 0 aromatic heterocycles. The van der Waals surface area contributed by atoms with Crippen LogP contribution in [0.25, 0.3) is 0 Å². The highest BCUT2D eigenvalue weighted by Gasteiger charge is 2.16. The lowest BCUT2D eigenvalue weighted by Crippen LogP contribution is -2.18. The summed E-state index contributed by atoms with van der Waals surface area (Å²) in [5.41, 5.74) is 4.41. The Morgan fingerprint density at radius 3 is 2.25 bits per heavy atom. The minimum atomic E-state index is -0.0303. The highest BCUT2D eigenvalue weighted by molar-refractivity contribution is 5.96. The van der Waals surface area contributed by atoms with Crippen molar-refractivity contribution in [3.8, 4) is 0 Å². The summed E-state index contributed by atoms with van der Waals surface area (Å²) in [6.07, 6.45) is 0. The molecule has 0 amide bonds. The summed E-state index contributed by atoms with van der Waals surface area (Å²) in [6, 6.07) is 13.8. The molecular weight excluding hydrogens is 300 g/mol. The summed E-state index contributed by atoms with van der Waals surface area (Å²) < 4.78 is 0.768. The summed E-state index contributed by atoms with van der Waals surface area (Å²) in [6.45, 7) is 6.49. The van der Waals surface area contributed by atoms with E-state index in [1.165, 1.54) is 19.5 Å². The Hall–Kier alpha value is -2.49. The predicted octanol–water partition coefficient (Wildman–Crippen LogP) is 4.69. The van der Waals surface area contributed by atoms with E-state index in [0.717, 1.165) is 16.0 Å². The van der Waals surface area contributed by atoms with Crippen LogP contribution in [0.2, 0.25) is 0 Å². The van der Waals surface area contributed by atoms with Crippen LogP contribution in [0.15, 0.2) is 42.5 Å². The van der Waals surface area contributed by atoms with E-state index >= 15 is 0 Å². The van der Waals surface area contributed by atoms with Gasteiger partial charge in [-0.1, -0.05) is 26.0 Å². The van der Waals surface area contributed by atoms with Crippen LogP contribution in [-0.2, 0) is 6.54 Å². The minimum absolute atomic E-state index is 0.0303. The Bertz CT molecular complexity index is 749. The van der Waals surface area contributed by atoms with Gasteiger partial charge in [0.1, 0.15) is 0 Å². The van der Waals surface area contributed by atoms with E-state index in [1.807, 2.05) is 13.1 Å². The first-order valence-corrected chi connectivity index (χ1v) is 8.15. The van der Waals surface area contributed by atoms with E-state index in [4.69, 9.17) is 0 Å². The molecule has 4 heteroatoms. The maximum absolute atomic E-state index is 11.9. The maximum Gasteiger partial charge on any atom is 0.256 e. The van der Waals surface area contributed by atoms with Crippen molar-refractivity contribution in [2.75, 3.05) is 19.0 Å². The lowest BCUT2D eigenvalue weighted by atomic mass is 10.0. The smallest absolute Gasteiger partial charge is 0.256 e. The molecule has 0 radical (unpaired) electrons. The highest BCUT2D eigenvalue weighted by Crippen LogP contribution is 2.23. The van der Waals surface area contributed by atoms with Crippen LogP contribution >= 0.6 is 0 Å². The molecule has 0 atom stereocenters. The molecule has 0 heterocycles. The van der Waals surface area contributed by atoms with Crippen molar-refractivity contribution in [3.63, 3.8) is 0 Å². The van der Waals surface area contributed by atoms with Gasteiger partial charge in [-0.25, -0.2) is 0 Å². The first-order chi connectivity index (χ1) is 11.3. The molecule has 0 saturated heterocycles. The second-order valence-corrected chi connectivity index (χ2v) is 6.50. The van der Waals surface area contributed by atoms with Crippen LogP contribution in [0.4, 0.5) is 11.4 Å². The van der Waals surface area contributed by atoms with E-state index in [1.54, 1.807) is 12.1 Å². The van der Waals surface area contributed by atoms with Gasteiger partial charge in [0.2, 0.25) is 0 Å². The lowest BCUT2D eigenvalue weighted by molar-refractivity contribution is -0.428. The summed E-state index contributed by atoms with van der Waals surface area (Å²) >= 11 is 0. The molecule has 0 N–H and O–H groups in total. The first kappa shape index (κ1) is 17.9. The standard InChI is InChI=1S/C20H25N2O2/c1-14(2)16-6-9-18(10-7-16)21(4)13-17-8-11-19(22(5)24)12-20(17)15(3)23/h6-12,14H,13H2,1-5H3/q+1. The number of hydrogen-bond acceptors (Lipinski definition) is 3. The average Bonchev–Trinajstić information content (AvgIpc) is 2.54. The second-order valence-electron chi connectivity index (χ2n) is 6.50. The normalized spacial score (nSPS) is 10.8. The third-order valence-corrected chi connectivity index (χ3v) is 4.24. The van der Waals surface area contributed by atoms with E-state index in [2.05, 4.69) is 43.0 Å². The third kappa shape index (κ3) is 4.07. The van der Waals surface area contributed by atoms with Crippen LogP contribution in [0.3, 0.4) is 0 Å². The maximum atomic E-state index is 11.9. The van der Waals surface area contributed by atoms with E-state index in [0.29, 0.717) is 23.7 Å². The zero-order valence-electron chi connectivity index (χ0n) is 15.0. The van der Waals surface area contributed by atoms with Crippen molar-refractivity contribution in [2.24, 2.45) is 0 Å². The summed E-state index contributed by atoms with van der Waals surface area (Å²) in [4.78, 5) is 25.5. The Morgan fingerprint density at radius 1 is 1.12 bits per heavy atom. The molecule has 2 rings (SSSR count). The van der Waals surface area contributed by atoms with Crippen molar-refractivity contribution in [2.45, 2.75) is 33.2 Å². The number of ketones is 1. The number of hydrogen-bond donors (Lipinski definition) is 0. The first-order valence-electron chi connectivity index (χ1n) is 8.15. The van der Waals surface area contributed by atoms with Gasteiger partial charge in [-0.3, -0.25) is 4.79 Å². The van der Waals surface area contributed by atoms with Crippen molar-refractivity contribution < 1.29 is 9.55 Å². The van der Waals surface area contributed by atoms with Gasteiger partial charge >= 0.3 is 0 Å². The quantitative estimate of drug-likeness (QED) is 0.571. The molecule has 0 aliphatic heterocycles. The van der Waals surface area contributed by atoms with Gasteiger partial charge in [-0.05, 0) is 42.2 Å². The van der Waals surface area contributed by atoms with Crippen LogP contribution in [0.1, 0.15) is 48.2 Å². The molecule has 0 aliphatic rings. The number of anilines is 1. The fraction of sp³-hybridized carbons (Fsp3) is 0.350. The van der Waals surface area contributed by atoms with Gasteiger partial charge in [-0.2, -0.15) is 0 Å². The Balaban J connectivity index is 2.26. The zero-order valence-corrected chi connectivity index (χ0v) is 15.0. The van der Waals surface area contributed by atoms with Crippen molar-refractivity contribution in [1.29, 1.82) is 0 Å². The van der Waals surface area contributed by atoms with Gasteiger partial charge in [0.15, 0.2) is 12.8 Å². The van der Waals surface area contributed by atoms with Gasteiger partial charge in [0.25, 0.3) is 5.69 Å². The second kappa shape index (κ2) is 7.39. The van der Waals surface area contributed by atoms with Gasteiger partial charge < -0.3 is 4.90 Å². The van der Waals surface area contributed by atoms with Gasteiger partial charge in [-0.15, -0.1) is 0 Å². The van der Waals surface area contributed by atoms with E-state index in [-0.39, 0.29) is 5.78 Å². The molecule has 0 saturated carbocycles. The largest absolute Gasteiger partial charge is 0.370 e. The monoisotopic (exact) mass is 325 g/mol. The molecule has 4 nitrogen and oxygen atoms in total. The third-order valence-electron chi connectivity index (χ3n) is 4.24. The van der Waals surface area contributed by atoms with Crippen LogP contribution in [0.5, 0.6) is 0 Å². The van der Waals surface area contributed by atoms with Gasteiger partial charge in [0.05, 0.1) is 0 Å². The molecule has 24 heavy (non-hydrogen) atoms. The molecule has 0 bridgehead atoms. The molecular formula is C20H25N2O2+. The molecule has 0 fully saturated rings. The van der Waals surface area contributed by atoms with Crippen molar-refractivity contribution in [1.82, 2.24) is 0 Å². The summed E-state index contributed by atoms with van der Waals surface area (Å²) in [7, 11) is 3.43. The Morgan fingerprint density at radius 2 is 1.75 bits per heavy atom. The number of nitroso groups, excluding NO2 is 1. The van der Waals surface area contributed by atoms with Gasteiger partial charge in [0, 0.05) is 46.6 Å². The van der Waals surface area contributed by atoms with Crippen molar-refractivity contribution >= 4 is 17.2 Å². The highest BCUT2D eigenvalue weighted by atomic mass is 16.3. The van der Waals surface area contributed by atoms with Crippen LogP contribution in [0, 0.1) is 4.91 Å². The zero-order chi connectivity index (χ0) is 17.9. The lowest BCUT2D eigenvalue weighted by Gasteiger charge is -2.21. The van der Waals surface area contributed by atoms with Crippen LogP contribution < -0.4 is 4.90 Å². The molecule has 2 aromatic rings. The predicted molar refractivity (Wildman–Crippen MR) is 98.3 cm³/mol. The fourth-order valence-electron chi connectivity index (χ4n) is 2.69. The number of carbonyl (C=O) groups excluding carboxylic acids is 1. The minimum Gasteiger partial charge on any atom is -0.370 e. The Labute approximate surface area is 143 Å². The fourth-order valence-corrected chi connectivity index (χ4v) is 2.69. The molecule has 0 aliphatic carbocycles.